The molecule has 3 aromatic heterocycles. The summed E-state index contributed by atoms with van der Waals surface area (Å²) in [5.41, 5.74) is 16.6. The molecule has 6 rings (SSSR count). The smallest absolute Gasteiger partial charge is 0.363 e. The van der Waals surface area contributed by atoms with Gasteiger partial charge in [-0.1, -0.05) is 19.1 Å². The molecule has 1 aromatic carbocycles. The number of nitrogens with zero attached hydrogens (tertiary/aromatic N) is 7. The number of ether oxygens (including phenoxy) is 2. The van der Waals surface area contributed by atoms with E-state index in [-0.39, 0.29) is 42.9 Å². The van der Waals surface area contributed by atoms with Crippen LogP contribution in [0.15, 0.2) is 70.0 Å². The highest BCUT2D eigenvalue weighted by Crippen LogP contribution is 2.28. The van der Waals surface area contributed by atoms with Gasteiger partial charge in [-0.15, -0.1) is 0 Å². The molecule has 4 aromatic rings. The van der Waals surface area contributed by atoms with E-state index in [9.17, 15) is 19.5 Å². The number of nitrogens with two attached hydrogens (primary N) is 2. The molecule has 18 heteroatoms. The predicted octanol–water partition coefficient (Wildman–Crippen LogP) is 3.31. The Morgan fingerprint density at radius 2 is 1.95 bits per heavy atom. The number of H-pyrrole nitrogens is 1. The minimum atomic E-state index is -0.633. The molecule has 0 aliphatic carbocycles. The first-order valence-corrected chi connectivity index (χ1v) is 20.8. The average Bonchev–Trinajstić information content (AvgIpc) is 3.69. The van der Waals surface area contributed by atoms with E-state index in [0.29, 0.717) is 89.5 Å². The van der Waals surface area contributed by atoms with Crippen molar-refractivity contribution in [2.24, 2.45) is 21.5 Å². The molecule has 324 valence electrons. The number of pyridine rings is 1. The molecule has 5 heterocycles. The Morgan fingerprint density at radius 1 is 1.15 bits per heavy atom. The topological polar surface area (TPSA) is 244 Å². The Labute approximate surface area is 354 Å². The van der Waals surface area contributed by atoms with Crippen molar-refractivity contribution in [3.63, 3.8) is 0 Å². The fourth-order valence-corrected chi connectivity index (χ4v) is 7.32. The van der Waals surface area contributed by atoms with E-state index in [0.717, 1.165) is 44.6 Å². The third-order valence-corrected chi connectivity index (χ3v) is 10.4. The Bertz CT molecular complexity index is 2400. The second-order valence-corrected chi connectivity index (χ2v) is 15.0. The summed E-state index contributed by atoms with van der Waals surface area (Å²) in [6, 6.07) is 5.13. The fourth-order valence-electron chi connectivity index (χ4n) is 7.32. The Balaban J connectivity index is 1.32. The number of morpholine rings is 1. The first kappa shape index (κ1) is 44.3. The number of aliphatic imine (C=N–C) groups is 2. The lowest BCUT2D eigenvalue weighted by Crippen LogP contribution is -2.38. The Kier molecular flexibility index (Phi) is 15.1. The van der Waals surface area contributed by atoms with Crippen molar-refractivity contribution < 1.29 is 33.5 Å². The molecule has 3 amide bonds. The van der Waals surface area contributed by atoms with Crippen LogP contribution >= 0.6 is 0 Å². The van der Waals surface area contributed by atoms with E-state index in [1.807, 2.05) is 36.6 Å². The molecule has 0 saturated carbocycles. The summed E-state index contributed by atoms with van der Waals surface area (Å²) < 4.78 is 15.5. The van der Waals surface area contributed by atoms with Gasteiger partial charge in [-0.2, -0.15) is 0 Å². The Morgan fingerprint density at radius 3 is 2.67 bits per heavy atom. The quantitative estimate of drug-likeness (QED) is 0.0370. The van der Waals surface area contributed by atoms with Crippen molar-refractivity contribution in [3.8, 4) is 5.75 Å². The number of carbonyl (C=O) groups is 3. The number of anilines is 2. The fraction of sp³-hybridized carbons (Fsp3) is 0.442. The van der Waals surface area contributed by atoms with E-state index >= 15 is 0 Å². The highest BCUT2D eigenvalue weighted by Gasteiger charge is 2.27. The van der Waals surface area contributed by atoms with Crippen LogP contribution in [0.5, 0.6) is 5.75 Å². The van der Waals surface area contributed by atoms with Crippen molar-refractivity contribution in [1.29, 1.82) is 0 Å². The highest BCUT2D eigenvalue weighted by atomic mass is 16.5. The molecule has 0 spiro atoms. The van der Waals surface area contributed by atoms with Crippen molar-refractivity contribution in [2.45, 2.75) is 79.1 Å². The van der Waals surface area contributed by atoms with E-state index in [2.05, 4.69) is 37.4 Å². The number of aromatic amines is 1. The van der Waals surface area contributed by atoms with Crippen molar-refractivity contribution >= 4 is 63.2 Å². The third-order valence-electron chi connectivity index (χ3n) is 10.4. The van der Waals surface area contributed by atoms with Crippen LogP contribution < -0.4 is 31.4 Å². The van der Waals surface area contributed by atoms with Crippen LogP contribution in [0.25, 0.3) is 22.2 Å². The number of carbonyl (C=O) groups excluding carboxylic acids is 3. The molecule has 1 saturated heterocycles. The number of nitrogens with one attached hydrogen (secondary N) is 3. The number of amides is 3. The van der Waals surface area contributed by atoms with Gasteiger partial charge in [-0.05, 0) is 82.4 Å². The van der Waals surface area contributed by atoms with Crippen LogP contribution in [-0.2, 0) is 34.0 Å². The lowest BCUT2D eigenvalue weighted by molar-refractivity contribution is -0.646. The molecule has 61 heavy (non-hydrogen) atoms. The zero-order valence-electron chi connectivity index (χ0n) is 35.4. The molecule has 1 unspecified atom stereocenters. The van der Waals surface area contributed by atoms with Crippen molar-refractivity contribution in [2.75, 3.05) is 56.6 Å². The molecule has 0 radical (unpaired) electrons. The first-order valence-electron chi connectivity index (χ1n) is 20.8. The second kappa shape index (κ2) is 20.8. The summed E-state index contributed by atoms with van der Waals surface area (Å²) in [6.07, 6.45) is 11.7. The standard InChI is InChI=1S/C43H56N12O6/c1-5-32-11-10-30(21-28(4)48-32)40(58)51-43-50-34-22-29(26-56)25-47-39(34)55(43)14-8-7-13-54-37-33(49-42(54)52-41(59)35(46-6-2)20-27(3)44)23-31(38(45)57)24-36(37)61-17-9-12-53-15-18-60-19-16-53/h7-8,20-25,32,56H,5-6,9-19,26H2,1-4H3,(H6,44,45,46,49,50,51,52,57,58,59)/p+1/b8-7+. The first-order chi connectivity index (χ1) is 29.5. The zero-order chi connectivity index (χ0) is 43.5. The van der Waals surface area contributed by atoms with Gasteiger partial charge in [0.2, 0.25) is 11.9 Å². The van der Waals surface area contributed by atoms with E-state index < -0.39 is 11.8 Å². The number of benzene rings is 1. The lowest BCUT2D eigenvalue weighted by atomic mass is 10.0. The summed E-state index contributed by atoms with van der Waals surface area (Å²) >= 11 is 0. The van der Waals surface area contributed by atoms with Gasteiger partial charge in [-0.25, -0.2) is 29.6 Å². The molecule has 8 N–H and O–H groups in total. The molecular formula is C43H57N12O6+. The Hall–Kier alpha value is -6.24. The number of rotatable bonds is 18. The normalized spacial score (nSPS) is 16.8. The number of aliphatic hydroxyl groups excluding tert-OH is 1. The SMILES string of the molecule is CCN=C(/C=C(/C)N)C(=O)Nc1[nH]c2cc(C(N)=O)cc(OCCCN3CCOCC3)c2[n+]1C/C=C/Cn1c(NC(=O)C2=CC(C)=NC(CC)CC2)nc2cc(CO)cnc21. The summed E-state index contributed by atoms with van der Waals surface area (Å²) in [4.78, 5) is 63.8. The minimum Gasteiger partial charge on any atom is -0.490 e. The number of aromatic nitrogens is 5. The van der Waals surface area contributed by atoms with Gasteiger partial charge < -0.3 is 26.0 Å². The van der Waals surface area contributed by atoms with Gasteiger partial charge in [-0.3, -0.25) is 34.4 Å². The molecule has 1 atom stereocenters. The van der Waals surface area contributed by atoms with E-state index in [1.54, 1.807) is 35.9 Å². The third kappa shape index (κ3) is 11.3. The van der Waals surface area contributed by atoms with Crippen LogP contribution in [0.3, 0.4) is 0 Å². The van der Waals surface area contributed by atoms with Crippen LogP contribution in [0.4, 0.5) is 11.9 Å². The van der Waals surface area contributed by atoms with Gasteiger partial charge in [0.15, 0.2) is 16.9 Å². The minimum absolute atomic E-state index is 0.145. The van der Waals surface area contributed by atoms with Crippen LogP contribution in [0.1, 0.15) is 69.3 Å². The lowest BCUT2D eigenvalue weighted by Gasteiger charge is -2.26. The number of hydrogen-bond donors (Lipinski definition) is 6. The zero-order valence-corrected chi connectivity index (χ0v) is 35.4. The van der Waals surface area contributed by atoms with Gasteiger partial charge >= 0.3 is 11.9 Å². The van der Waals surface area contributed by atoms with Crippen molar-refractivity contribution in [1.82, 2.24) is 24.4 Å². The number of primary amides is 1. The number of allylic oxidation sites excluding steroid dienone is 4. The molecule has 2 aliphatic rings. The molecule has 0 bridgehead atoms. The van der Waals surface area contributed by atoms with Crippen LogP contribution in [0.2, 0.25) is 0 Å². The summed E-state index contributed by atoms with van der Waals surface area (Å²) in [5, 5.41) is 15.8. The summed E-state index contributed by atoms with van der Waals surface area (Å²) in [6.45, 7) is 12.4. The average molecular weight is 838 g/mol. The molecule has 2 aliphatic heterocycles. The van der Waals surface area contributed by atoms with Gasteiger partial charge in [0, 0.05) is 61.5 Å². The van der Waals surface area contributed by atoms with E-state index in [4.69, 9.17) is 30.9 Å². The number of imidazole rings is 2. The molecular weight excluding hydrogens is 781 g/mol. The number of fused-ring (bicyclic) bond motifs is 2. The number of hydrogen-bond acceptors (Lipinski definition) is 12. The van der Waals surface area contributed by atoms with Gasteiger partial charge in [0.1, 0.15) is 16.7 Å². The summed E-state index contributed by atoms with van der Waals surface area (Å²) in [5.74, 6) is -0.394. The maximum atomic E-state index is 13.7. The largest absolute Gasteiger partial charge is 0.490 e. The highest BCUT2D eigenvalue weighted by molar-refractivity contribution is 6.47. The van der Waals surface area contributed by atoms with Crippen molar-refractivity contribution in [3.05, 3.63) is 71.1 Å². The monoisotopic (exact) mass is 837 g/mol. The van der Waals surface area contributed by atoms with Gasteiger partial charge in [0.25, 0.3) is 5.91 Å². The molecule has 18 nitrogen and oxygen atoms in total. The molecule has 1 fully saturated rings. The number of aliphatic hydroxyl groups is 1. The van der Waals surface area contributed by atoms with Crippen LogP contribution in [-0.4, -0.2) is 111 Å². The van der Waals surface area contributed by atoms with E-state index in [1.165, 1.54) is 6.08 Å². The van der Waals surface area contributed by atoms with Gasteiger partial charge in [0.05, 0.1) is 39.0 Å². The second-order valence-electron chi connectivity index (χ2n) is 15.0. The predicted molar refractivity (Wildman–Crippen MR) is 235 cm³/mol. The maximum absolute atomic E-state index is 13.7. The van der Waals surface area contributed by atoms with Crippen LogP contribution in [0, 0.1) is 0 Å². The summed E-state index contributed by atoms with van der Waals surface area (Å²) in [7, 11) is 0. The maximum Gasteiger partial charge on any atom is 0.363 e.